The van der Waals surface area contributed by atoms with Crippen molar-refractivity contribution in [1.82, 2.24) is 10.6 Å². The number of hydrogen-bond donors (Lipinski definition) is 5. The number of carbonyl (C=O) groups excluding carboxylic acids is 3. The number of carboxylic acids is 1. The van der Waals surface area contributed by atoms with Gasteiger partial charge in [-0.05, 0) is 60.2 Å². The number of fused-ring (bicyclic) bond motifs is 1. The molecule has 0 heterocycles. The van der Waals surface area contributed by atoms with E-state index in [0.717, 1.165) is 40.7 Å². The summed E-state index contributed by atoms with van der Waals surface area (Å²) in [4.78, 5) is 53.2. The van der Waals surface area contributed by atoms with Crippen LogP contribution in [0.4, 0.5) is 0 Å². The zero-order valence-electron chi connectivity index (χ0n) is 34.0. The normalized spacial score (nSPS) is 12.2. The molecule has 0 aromatic heterocycles. The lowest BCUT2D eigenvalue weighted by Gasteiger charge is -2.19. The summed E-state index contributed by atoms with van der Waals surface area (Å²) in [5, 5.41) is 16.8. The molecule has 0 radical (unpaired) electrons. The van der Waals surface area contributed by atoms with Crippen LogP contribution in [0.5, 0.6) is 5.75 Å². The number of aliphatic imine (C=N–C) groups is 1. The van der Waals surface area contributed by atoms with Crippen LogP contribution < -0.4 is 26.8 Å². The number of rotatable bonds is 30. The number of hydrogen-bond acceptors (Lipinski definition) is 10. The molecule has 7 N–H and O–H groups in total. The number of aliphatic carboxylic acids is 1. The van der Waals surface area contributed by atoms with Gasteiger partial charge in [0, 0.05) is 30.9 Å². The van der Waals surface area contributed by atoms with E-state index in [9.17, 15) is 24.3 Å². The first-order chi connectivity index (χ1) is 27.9. The molecule has 15 nitrogen and oxygen atoms in total. The highest BCUT2D eigenvalue weighted by Crippen LogP contribution is 2.35. The number of ketones is 1. The van der Waals surface area contributed by atoms with Gasteiger partial charge in [-0.2, -0.15) is 0 Å². The Balaban J connectivity index is 1.50. The number of guanidine groups is 1. The molecule has 0 fully saturated rings. The van der Waals surface area contributed by atoms with Crippen LogP contribution in [0.1, 0.15) is 64.5 Å². The molecule has 15 heteroatoms. The average Bonchev–Trinajstić information content (AvgIpc) is 3.18. The van der Waals surface area contributed by atoms with Crippen molar-refractivity contribution in [3.8, 4) is 16.9 Å². The third kappa shape index (κ3) is 18.4. The topological polar surface area (TPSA) is 223 Å². The molecule has 0 bridgehead atoms. The van der Waals surface area contributed by atoms with Crippen LogP contribution in [-0.4, -0.2) is 107 Å². The number of amides is 2. The van der Waals surface area contributed by atoms with E-state index >= 15 is 0 Å². The Bertz CT molecular complexity index is 1750. The first-order valence-electron chi connectivity index (χ1n) is 19.8. The van der Waals surface area contributed by atoms with E-state index in [-0.39, 0.29) is 31.1 Å². The van der Waals surface area contributed by atoms with Gasteiger partial charge in [0.1, 0.15) is 18.1 Å². The minimum absolute atomic E-state index is 0.00725. The number of ether oxygens (including phenoxy) is 5. The van der Waals surface area contributed by atoms with E-state index in [0.29, 0.717) is 83.7 Å². The van der Waals surface area contributed by atoms with Gasteiger partial charge in [-0.1, -0.05) is 68.4 Å². The highest BCUT2D eigenvalue weighted by Gasteiger charge is 2.23. The molecule has 0 aliphatic rings. The fourth-order valence-corrected chi connectivity index (χ4v) is 6.04. The average molecular weight is 808 g/mol. The Kier molecular flexibility index (Phi) is 21.8. The van der Waals surface area contributed by atoms with Crippen molar-refractivity contribution in [2.24, 2.45) is 28.3 Å². The fourth-order valence-electron chi connectivity index (χ4n) is 6.04. The number of nitrogens with two attached hydrogens (primary N) is 2. The zero-order chi connectivity index (χ0) is 42.1. The van der Waals surface area contributed by atoms with Crippen molar-refractivity contribution in [2.75, 3.05) is 72.6 Å². The monoisotopic (exact) mass is 807 g/mol. The molecule has 0 saturated heterocycles. The van der Waals surface area contributed by atoms with Gasteiger partial charge in [0.25, 0.3) is 0 Å². The van der Waals surface area contributed by atoms with Crippen LogP contribution in [0.2, 0.25) is 0 Å². The largest absolute Gasteiger partial charge is 0.491 e. The van der Waals surface area contributed by atoms with Crippen molar-refractivity contribution >= 4 is 40.3 Å². The van der Waals surface area contributed by atoms with Gasteiger partial charge in [-0.15, -0.1) is 0 Å². The van der Waals surface area contributed by atoms with Crippen molar-refractivity contribution in [2.45, 2.75) is 58.9 Å². The molecular formula is C43H61N5O10. The summed E-state index contributed by atoms with van der Waals surface area (Å²) in [5.74, 6) is -1.66. The minimum Gasteiger partial charge on any atom is -0.491 e. The zero-order valence-corrected chi connectivity index (χ0v) is 34.0. The Morgan fingerprint density at radius 2 is 1.34 bits per heavy atom. The molecule has 318 valence electrons. The third-order valence-electron chi connectivity index (χ3n) is 9.00. The van der Waals surface area contributed by atoms with Gasteiger partial charge >= 0.3 is 5.97 Å². The van der Waals surface area contributed by atoms with Gasteiger partial charge < -0.3 is 55.7 Å². The van der Waals surface area contributed by atoms with Gasteiger partial charge in [0.05, 0.1) is 65.3 Å². The van der Waals surface area contributed by atoms with E-state index in [1.54, 1.807) is 12.1 Å². The summed E-state index contributed by atoms with van der Waals surface area (Å²) in [6.07, 6.45) is 1.51. The van der Waals surface area contributed by atoms with E-state index < -0.39 is 29.7 Å². The van der Waals surface area contributed by atoms with Crippen molar-refractivity contribution in [1.29, 1.82) is 0 Å². The second-order valence-electron chi connectivity index (χ2n) is 14.2. The SMILES string of the molecule is CC(=O)C[C@@H](CCCN=C(N)N)C(=O)NCC(=O)N[C@@H](CC(=O)O)c1ccc(-c2ccc(OCCOCCOCCOCCOCCC(C)C)c3ccccc23)cc1. The van der Waals surface area contributed by atoms with Crippen LogP contribution in [-0.2, 0) is 38.1 Å². The second kappa shape index (κ2) is 26.8. The number of nitrogens with zero attached hydrogens (tertiary/aromatic N) is 1. The quantitative estimate of drug-likeness (QED) is 0.0360. The van der Waals surface area contributed by atoms with E-state index in [1.165, 1.54) is 6.92 Å². The van der Waals surface area contributed by atoms with Crippen LogP contribution in [0.15, 0.2) is 65.7 Å². The van der Waals surface area contributed by atoms with Gasteiger partial charge in [-0.25, -0.2) is 0 Å². The molecule has 58 heavy (non-hydrogen) atoms. The summed E-state index contributed by atoms with van der Waals surface area (Å²) in [7, 11) is 0. The Labute approximate surface area is 341 Å². The first kappa shape index (κ1) is 47.3. The van der Waals surface area contributed by atoms with Gasteiger partial charge in [-0.3, -0.25) is 19.4 Å². The maximum Gasteiger partial charge on any atom is 0.305 e. The predicted molar refractivity (Wildman–Crippen MR) is 222 cm³/mol. The summed E-state index contributed by atoms with van der Waals surface area (Å²) in [6.45, 7) is 10.2. The lowest BCUT2D eigenvalue weighted by molar-refractivity contribution is -0.138. The molecule has 2 amide bonds. The van der Waals surface area contributed by atoms with Crippen molar-refractivity contribution in [3.05, 3.63) is 66.2 Å². The first-order valence-corrected chi connectivity index (χ1v) is 19.8. The molecule has 0 saturated carbocycles. The van der Waals surface area contributed by atoms with Gasteiger partial charge in [0.2, 0.25) is 11.8 Å². The maximum atomic E-state index is 12.9. The molecule has 3 aromatic carbocycles. The van der Waals surface area contributed by atoms with Crippen LogP contribution in [0.3, 0.4) is 0 Å². The molecular weight excluding hydrogens is 746 g/mol. The maximum absolute atomic E-state index is 12.9. The Morgan fingerprint density at radius 3 is 1.93 bits per heavy atom. The number of carbonyl (C=O) groups is 4. The summed E-state index contributed by atoms with van der Waals surface area (Å²) in [6, 6.07) is 18.2. The van der Waals surface area contributed by atoms with Crippen LogP contribution >= 0.6 is 0 Å². The van der Waals surface area contributed by atoms with Crippen molar-refractivity contribution in [3.63, 3.8) is 0 Å². The molecule has 0 aliphatic carbocycles. The molecule has 0 unspecified atom stereocenters. The fraction of sp³-hybridized carbons (Fsp3) is 0.512. The highest BCUT2D eigenvalue weighted by atomic mass is 16.6. The number of carboxylic acid groups (broad SMARTS) is 1. The standard InChI is InChI=1S/C43H61N5O10/c1-30(2)16-18-54-19-20-55-21-22-56-23-24-57-25-26-58-39-15-14-35(36-8-4-5-9-37(36)39)32-10-12-33(13-11-32)38(28-41(51)52)48-40(50)29-47-42(53)34(27-31(3)49)7-6-17-46-43(44)45/h4-5,8-15,30,34,38H,6-7,16-29H2,1-3H3,(H,47,53)(H,48,50)(H,51,52)(H4,44,45,46)/t34-,38+/m1/s1. The summed E-state index contributed by atoms with van der Waals surface area (Å²) >= 11 is 0. The number of Topliss-reactive ketones (excluding diaryl/α,β-unsaturated/α-hetero) is 1. The van der Waals surface area contributed by atoms with E-state index in [1.807, 2.05) is 48.5 Å². The predicted octanol–water partition coefficient (Wildman–Crippen LogP) is 4.40. The lowest BCUT2D eigenvalue weighted by Crippen LogP contribution is -2.41. The van der Waals surface area contributed by atoms with E-state index in [4.69, 9.17) is 35.2 Å². The molecule has 2 atom stereocenters. The summed E-state index contributed by atoms with van der Waals surface area (Å²) < 4.78 is 28.4. The van der Waals surface area contributed by atoms with E-state index in [2.05, 4.69) is 29.5 Å². The van der Waals surface area contributed by atoms with Crippen LogP contribution in [0, 0.1) is 11.8 Å². The van der Waals surface area contributed by atoms with Crippen LogP contribution in [0.25, 0.3) is 21.9 Å². The smallest absolute Gasteiger partial charge is 0.305 e. The van der Waals surface area contributed by atoms with Gasteiger partial charge in [0.15, 0.2) is 5.96 Å². The molecule has 0 spiro atoms. The molecule has 0 aliphatic heterocycles. The number of benzene rings is 3. The lowest BCUT2D eigenvalue weighted by atomic mass is 9.95. The molecule has 3 aromatic rings. The molecule has 3 rings (SSSR count). The second-order valence-corrected chi connectivity index (χ2v) is 14.2. The minimum atomic E-state index is -1.10. The Hall–Kier alpha value is -5.09. The highest BCUT2D eigenvalue weighted by molar-refractivity contribution is 6.00. The number of nitrogens with one attached hydrogen (secondary N) is 2. The van der Waals surface area contributed by atoms with Crippen molar-refractivity contribution < 1.29 is 48.0 Å². The third-order valence-corrected chi connectivity index (χ3v) is 9.00. The Morgan fingerprint density at radius 1 is 0.741 bits per heavy atom. The summed E-state index contributed by atoms with van der Waals surface area (Å²) in [5.41, 5.74) is 13.1.